The molecule has 6 N–H and O–H groups in total. The number of ether oxygens (including phenoxy) is 1. The van der Waals surface area contributed by atoms with Crippen molar-refractivity contribution in [3.63, 3.8) is 0 Å². The molecule has 1 amide bonds. The zero-order valence-electron chi connectivity index (χ0n) is 11.3. The van der Waals surface area contributed by atoms with Gasteiger partial charge in [0.25, 0.3) is 0 Å². The molecule has 4 atom stereocenters. The summed E-state index contributed by atoms with van der Waals surface area (Å²) in [5.74, 6) is -0.622. The van der Waals surface area contributed by atoms with Gasteiger partial charge in [0.2, 0.25) is 5.91 Å². The van der Waals surface area contributed by atoms with Crippen LogP contribution in [-0.2, 0) is 18.6 Å². The standard InChI is InChI=1S/C11H17N2O8P/c12-10(16)6-2-1-3-13(4-6)11-9(15)8(14)7(21-11)5-20-22(17,18)19/h1,3-4,7-9,11,14-15H,2,5H2,(H2,12,16)(H2,17,18,19)/t7-,8-,9-,11+/m1/s1. The molecule has 0 aromatic rings. The van der Waals surface area contributed by atoms with Crippen LogP contribution in [0.15, 0.2) is 24.0 Å². The molecule has 1 fully saturated rings. The molecule has 0 bridgehead atoms. The van der Waals surface area contributed by atoms with Gasteiger partial charge >= 0.3 is 7.82 Å². The highest BCUT2D eigenvalue weighted by Crippen LogP contribution is 2.37. The summed E-state index contributed by atoms with van der Waals surface area (Å²) in [4.78, 5) is 29.8. The lowest BCUT2D eigenvalue weighted by atomic mass is 10.1. The Hall–Kier alpha value is -1.26. The third kappa shape index (κ3) is 3.93. The Labute approximate surface area is 125 Å². The highest BCUT2D eigenvalue weighted by molar-refractivity contribution is 7.46. The molecule has 1 saturated heterocycles. The highest BCUT2D eigenvalue weighted by Gasteiger charge is 2.45. The lowest BCUT2D eigenvalue weighted by molar-refractivity contribution is -0.114. The molecular formula is C11H17N2O8P. The molecule has 0 radical (unpaired) electrons. The van der Waals surface area contributed by atoms with Crippen LogP contribution in [0.3, 0.4) is 0 Å². The molecule has 0 aliphatic carbocycles. The van der Waals surface area contributed by atoms with E-state index in [4.69, 9.17) is 20.3 Å². The van der Waals surface area contributed by atoms with Crippen molar-refractivity contribution >= 4 is 13.7 Å². The van der Waals surface area contributed by atoms with E-state index in [-0.39, 0.29) is 0 Å². The summed E-state index contributed by atoms with van der Waals surface area (Å²) in [6, 6.07) is 0. The minimum Gasteiger partial charge on any atom is -0.387 e. The van der Waals surface area contributed by atoms with Crippen LogP contribution >= 0.6 is 7.82 Å². The molecule has 0 saturated carbocycles. The molecule has 0 aromatic heterocycles. The van der Waals surface area contributed by atoms with Crippen LogP contribution in [0.25, 0.3) is 0 Å². The number of allylic oxidation sites excluding steroid dienone is 1. The van der Waals surface area contributed by atoms with E-state index in [0.717, 1.165) is 0 Å². The quantitative estimate of drug-likeness (QED) is 0.362. The maximum absolute atomic E-state index is 11.2. The fourth-order valence-corrected chi connectivity index (χ4v) is 2.52. The molecule has 0 aromatic carbocycles. The van der Waals surface area contributed by atoms with E-state index in [1.165, 1.54) is 11.1 Å². The van der Waals surface area contributed by atoms with Crippen molar-refractivity contribution in [2.24, 2.45) is 5.73 Å². The van der Waals surface area contributed by atoms with Crippen LogP contribution in [0, 0.1) is 0 Å². The molecule has 124 valence electrons. The monoisotopic (exact) mass is 336 g/mol. The Morgan fingerprint density at radius 1 is 1.45 bits per heavy atom. The minimum atomic E-state index is -4.71. The largest absolute Gasteiger partial charge is 0.469 e. The van der Waals surface area contributed by atoms with Crippen LogP contribution in [-0.4, -0.2) is 62.0 Å². The number of rotatable bonds is 5. The number of primary amides is 1. The second-order valence-corrected chi connectivity index (χ2v) is 6.13. The van der Waals surface area contributed by atoms with Gasteiger partial charge in [-0.15, -0.1) is 0 Å². The van der Waals surface area contributed by atoms with Crippen LogP contribution in [0.2, 0.25) is 0 Å². The van der Waals surface area contributed by atoms with Crippen LogP contribution < -0.4 is 5.73 Å². The second-order valence-electron chi connectivity index (χ2n) is 4.89. The first kappa shape index (κ1) is 17.1. The number of hydrogen-bond donors (Lipinski definition) is 5. The number of aliphatic hydroxyl groups is 2. The van der Waals surface area contributed by atoms with Gasteiger partial charge in [0, 0.05) is 18.0 Å². The van der Waals surface area contributed by atoms with E-state index in [9.17, 15) is 19.6 Å². The Balaban J connectivity index is 2.06. The van der Waals surface area contributed by atoms with E-state index < -0.39 is 44.9 Å². The van der Waals surface area contributed by atoms with Gasteiger partial charge in [-0.1, -0.05) is 6.08 Å². The summed E-state index contributed by atoms with van der Waals surface area (Å²) < 4.78 is 20.3. The summed E-state index contributed by atoms with van der Waals surface area (Å²) in [6.45, 7) is -0.594. The lowest BCUT2D eigenvalue weighted by Gasteiger charge is -2.28. The van der Waals surface area contributed by atoms with Gasteiger partial charge in [0.05, 0.1) is 6.61 Å². The first-order valence-corrected chi connectivity index (χ1v) is 7.88. The van der Waals surface area contributed by atoms with Gasteiger partial charge in [-0.05, 0) is 6.42 Å². The molecule has 11 heteroatoms. The van der Waals surface area contributed by atoms with E-state index in [1.807, 2.05) is 0 Å². The van der Waals surface area contributed by atoms with Gasteiger partial charge in [-0.25, -0.2) is 4.57 Å². The fraction of sp³-hybridized carbons (Fsp3) is 0.545. The fourth-order valence-electron chi connectivity index (χ4n) is 2.18. The number of nitrogens with zero attached hydrogens (tertiary/aromatic N) is 1. The molecule has 2 aliphatic heterocycles. The smallest absolute Gasteiger partial charge is 0.387 e. The maximum atomic E-state index is 11.2. The normalized spacial score (nSPS) is 32.2. The van der Waals surface area contributed by atoms with Crippen molar-refractivity contribution in [2.45, 2.75) is 31.0 Å². The van der Waals surface area contributed by atoms with Gasteiger partial charge in [0.1, 0.15) is 18.3 Å². The summed E-state index contributed by atoms with van der Waals surface area (Å²) in [5, 5.41) is 19.8. The molecule has 2 aliphatic rings. The van der Waals surface area contributed by atoms with E-state index in [0.29, 0.717) is 12.0 Å². The zero-order valence-corrected chi connectivity index (χ0v) is 12.2. The van der Waals surface area contributed by atoms with E-state index in [1.54, 1.807) is 12.3 Å². The first-order valence-electron chi connectivity index (χ1n) is 6.35. The summed E-state index contributed by atoms with van der Waals surface area (Å²) in [6.07, 6.45) is -0.0475. The summed E-state index contributed by atoms with van der Waals surface area (Å²) >= 11 is 0. The molecule has 0 unspecified atom stereocenters. The third-order valence-electron chi connectivity index (χ3n) is 3.27. The van der Waals surface area contributed by atoms with Crippen molar-refractivity contribution in [1.29, 1.82) is 0 Å². The second kappa shape index (κ2) is 6.47. The third-order valence-corrected chi connectivity index (χ3v) is 3.76. The molecular weight excluding hydrogens is 319 g/mol. The Kier molecular flexibility index (Phi) is 5.03. The molecule has 22 heavy (non-hydrogen) atoms. The number of nitrogens with two attached hydrogens (primary N) is 1. The lowest BCUT2D eigenvalue weighted by Crippen LogP contribution is -2.40. The SMILES string of the molecule is NC(=O)C1=CN([C@H]2O[C@H](COP(=O)(O)O)[C@@H](O)[C@H]2O)C=CC1. The predicted molar refractivity (Wildman–Crippen MR) is 71.5 cm³/mol. The topological polar surface area (TPSA) is 163 Å². The Morgan fingerprint density at radius 2 is 2.14 bits per heavy atom. The first-order chi connectivity index (χ1) is 10.2. The van der Waals surface area contributed by atoms with Gasteiger partial charge in [-0.3, -0.25) is 9.32 Å². The number of phosphoric ester groups is 1. The number of carbonyl (C=O) groups is 1. The van der Waals surface area contributed by atoms with Crippen LogP contribution in [0.1, 0.15) is 6.42 Å². The average molecular weight is 336 g/mol. The van der Waals surface area contributed by atoms with Crippen molar-refractivity contribution in [3.8, 4) is 0 Å². The highest BCUT2D eigenvalue weighted by atomic mass is 31.2. The number of aliphatic hydroxyl groups excluding tert-OH is 2. The molecule has 0 spiro atoms. The summed E-state index contributed by atoms with van der Waals surface area (Å²) in [7, 11) is -4.71. The van der Waals surface area contributed by atoms with Gasteiger partial charge < -0.3 is 35.4 Å². The average Bonchev–Trinajstić information content (AvgIpc) is 2.72. The summed E-state index contributed by atoms with van der Waals surface area (Å²) in [5.41, 5.74) is 5.48. The maximum Gasteiger partial charge on any atom is 0.469 e. The number of amides is 1. The molecule has 2 rings (SSSR count). The number of phosphoric acid groups is 1. The van der Waals surface area contributed by atoms with E-state index in [2.05, 4.69) is 4.52 Å². The number of carbonyl (C=O) groups excluding carboxylic acids is 1. The zero-order chi connectivity index (χ0) is 16.5. The van der Waals surface area contributed by atoms with E-state index >= 15 is 0 Å². The minimum absolute atomic E-state index is 0.294. The molecule has 2 heterocycles. The van der Waals surface area contributed by atoms with Crippen molar-refractivity contribution in [2.75, 3.05) is 6.61 Å². The van der Waals surface area contributed by atoms with Crippen molar-refractivity contribution in [3.05, 3.63) is 24.0 Å². The van der Waals surface area contributed by atoms with Crippen molar-refractivity contribution < 1.29 is 38.6 Å². The number of hydrogen-bond acceptors (Lipinski definition) is 7. The Morgan fingerprint density at radius 3 is 2.73 bits per heavy atom. The van der Waals surface area contributed by atoms with Gasteiger partial charge in [0.15, 0.2) is 6.23 Å². The Bertz CT molecular complexity index is 544. The van der Waals surface area contributed by atoms with Crippen molar-refractivity contribution in [1.82, 2.24) is 4.90 Å². The van der Waals surface area contributed by atoms with Crippen LogP contribution in [0.4, 0.5) is 0 Å². The molecule has 10 nitrogen and oxygen atoms in total. The predicted octanol–water partition coefficient (Wildman–Crippen LogP) is -1.87. The van der Waals surface area contributed by atoms with Gasteiger partial charge in [-0.2, -0.15) is 0 Å². The van der Waals surface area contributed by atoms with Crippen LogP contribution in [0.5, 0.6) is 0 Å².